The maximum Gasteiger partial charge on any atom is 0.325 e. The number of urea groups is 1. The number of nitrogens with zero attached hydrogens (tertiary/aromatic N) is 2. The third-order valence-corrected chi connectivity index (χ3v) is 6.01. The van der Waals surface area contributed by atoms with E-state index in [-0.39, 0.29) is 29.5 Å². The van der Waals surface area contributed by atoms with Gasteiger partial charge in [-0.25, -0.2) is 4.79 Å². The molecule has 2 saturated carbocycles. The van der Waals surface area contributed by atoms with Gasteiger partial charge in [0, 0.05) is 29.9 Å². The number of imide groups is 1. The molecule has 4 aliphatic rings. The molecule has 1 aromatic carbocycles. The third-order valence-electron chi connectivity index (χ3n) is 6.01. The summed E-state index contributed by atoms with van der Waals surface area (Å²) in [5, 5.41) is 12.1. The smallest absolute Gasteiger partial charge is 0.325 e. The Morgan fingerprint density at radius 2 is 2.12 bits per heavy atom. The monoisotopic (exact) mass is 353 g/mol. The first-order valence-corrected chi connectivity index (χ1v) is 9.03. The predicted octanol–water partition coefficient (Wildman–Crippen LogP) is 1.83. The molecule has 134 valence electrons. The fraction of sp³-hybridized carbons (Fsp3) is 0.526. The molecule has 3 fully saturated rings. The summed E-state index contributed by atoms with van der Waals surface area (Å²) in [6, 6.07) is 4.90. The van der Waals surface area contributed by atoms with Crippen LogP contribution in [0, 0.1) is 11.3 Å². The van der Waals surface area contributed by atoms with Crippen molar-refractivity contribution in [1.82, 2.24) is 10.2 Å². The normalized spacial score (nSPS) is 30.3. The molecule has 0 bridgehead atoms. The summed E-state index contributed by atoms with van der Waals surface area (Å²) in [4.78, 5) is 25.4. The van der Waals surface area contributed by atoms with E-state index in [0.717, 1.165) is 24.2 Å². The molecule has 1 saturated heterocycles. The van der Waals surface area contributed by atoms with Crippen LogP contribution in [-0.4, -0.2) is 41.6 Å². The number of ether oxygens (including phenoxy) is 2. The molecule has 2 aliphatic carbocycles. The molecular formula is C19H19N3O4. The van der Waals surface area contributed by atoms with Crippen LogP contribution in [0.1, 0.15) is 43.7 Å². The summed E-state index contributed by atoms with van der Waals surface area (Å²) >= 11 is 0. The van der Waals surface area contributed by atoms with Crippen LogP contribution in [0.5, 0.6) is 11.5 Å². The van der Waals surface area contributed by atoms with E-state index < -0.39 is 6.04 Å². The molecule has 1 atom stereocenters. The van der Waals surface area contributed by atoms with Crippen molar-refractivity contribution in [2.45, 2.75) is 56.2 Å². The lowest BCUT2D eigenvalue weighted by Crippen LogP contribution is -2.52. The van der Waals surface area contributed by atoms with E-state index in [2.05, 4.69) is 11.4 Å². The number of nitrogens with one attached hydrogen (secondary N) is 1. The highest BCUT2D eigenvalue weighted by Gasteiger charge is 2.54. The average molecular weight is 353 g/mol. The zero-order chi connectivity index (χ0) is 18.1. The number of carbonyl (C=O) groups is 2. The Kier molecular flexibility index (Phi) is 3.06. The lowest BCUT2D eigenvalue weighted by atomic mass is 9.87. The van der Waals surface area contributed by atoms with Crippen molar-refractivity contribution < 1.29 is 19.1 Å². The van der Waals surface area contributed by atoms with Gasteiger partial charge in [-0.15, -0.1) is 0 Å². The second-order valence-corrected chi connectivity index (χ2v) is 7.74. The van der Waals surface area contributed by atoms with Gasteiger partial charge in [-0.1, -0.05) is 0 Å². The van der Waals surface area contributed by atoms with E-state index >= 15 is 0 Å². The first-order valence-electron chi connectivity index (χ1n) is 9.03. The van der Waals surface area contributed by atoms with Gasteiger partial charge in [0.05, 0.1) is 12.2 Å². The van der Waals surface area contributed by atoms with Crippen LogP contribution in [0.25, 0.3) is 0 Å². The quantitative estimate of drug-likeness (QED) is 0.837. The van der Waals surface area contributed by atoms with Crippen molar-refractivity contribution in [3.05, 3.63) is 23.3 Å². The molecule has 1 aromatic rings. The largest absolute Gasteiger partial charge is 0.492 e. The van der Waals surface area contributed by atoms with E-state index in [1.165, 1.54) is 4.90 Å². The second kappa shape index (κ2) is 5.13. The van der Waals surface area contributed by atoms with Gasteiger partial charge in [-0.05, 0) is 31.9 Å². The molecule has 0 aromatic heterocycles. The van der Waals surface area contributed by atoms with E-state index in [4.69, 9.17) is 9.47 Å². The number of rotatable bonds is 3. The number of hydrogen-bond donors (Lipinski definition) is 1. The molecular weight excluding hydrogens is 334 g/mol. The molecule has 2 aliphatic heterocycles. The first-order chi connectivity index (χ1) is 12.5. The van der Waals surface area contributed by atoms with Crippen molar-refractivity contribution in [2.24, 2.45) is 0 Å². The minimum absolute atomic E-state index is 0.0148. The SMILES string of the molecule is C[C@@H]1NC(=O)N(C2CC(Oc3c(C#N)ccc4c3C3(CC3)CO4)C2)C1=O. The Morgan fingerprint density at radius 1 is 1.35 bits per heavy atom. The van der Waals surface area contributed by atoms with Crippen LogP contribution < -0.4 is 14.8 Å². The lowest BCUT2D eigenvalue weighted by Gasteiger charge is -2.39. The topological polar surface area (TPSA) is 91.7 Å². The van der Waals surface area contributed by atoms with Crippen molar-refractivity contribution in [1.29, 1.82) is 5.26 Å². The summed E-state index contributed by atoms with van der Waals surface area (Å²) in [6.45, 7) is 2.34. The molecule has 7 nitrogen and oxygen atoms in total. The number of fused-ring (bicyclic) bond motifs is 2. The van der Waals surface area contributed by atoms with Crippen LogP contribution >= 0.6 is 0 Å². The van der Waals surface area contributed by atoms with Crippen molar-refractivity contribution in [3.63, 3.8) is 0 Å². The van der Waals surface area contributed by atoms with E-state index in [0.29, 0.717) is 30.8 Å². The molecule has 3 amide bonds. The number of carbonyl (C=O) groups excluding carboxylic acids is 2. The summed E-state index contributed by atoms with van der Waals surface area (Å²) < 4.78 is 12.0. The van der Waals surface area contributed by atoms with Gasteiger partial charge in [-0.3, -0.25) is 9.69 Å². The lowest BCUT2D eigenvalue weighted by molar-refractivity contribution is -0.131. The highest BCUT2D eigenvalue weighted by molar-refractivity contribution is 6.04. The van der Waals surface area contributed by atoms with Gasteiger partial charge < -0.3 is 14.8 Å². The van der Waals surface area contributed by atoms with Crippen molar-refractivity contribution in [2.75, 3.05) is 6.61 Å². The number of nitriles is 1. The highest BCUT2D eigenvalue weighted by atomic mass is 16.5. The Labute approximate surface area is 150 Å². The van der Waals surface area contributed by atoms with Crippen LogP contribution in [0.3, 0.4) is 0 Å². The predicted molar refractivity (Wildman–Crippen MR) is 89.8 cm³/mol. The number of benzene rings is 1. The maximum atomic E-state index is 12.1. The molecule has 0 radical (unpaired) electrons. The van der Waals surface area contributed by atoms with Gasteiger partial charge in [0.15, 0.2) is 0 Å². The standard InChI is InChI=1S/C19H19N3O4/c1-10-17(23)22(18(24)21-10)12-6-13(7-12)26-16-11(8-20)2-3-14-15(16)19(4-5-19)9-25-14/h2-3,10,12-13H,4-7,9H2,1H3,(H,21,24)/t10-,12?,13?/m0/s1. The van der Waals surface area contributed by atoms with Gasteiger partial charge in [0.1, 0.15) is 29.7 Å². The fourth-order valence-corrected chi connectivity index (χ4v) is 4.21. The van der Waals surface area contributed by atoms with Crippen LogP contribution in [-0.2, 0) is 10.2 Å². The van der Waals surface area contributed by atoms with E-state index in [9.17, 15) is 14.9 Å². The second-order valence-electron chi connectivity index (χ2n) is 7.74. The van der Waals surface area contributed by atoms with Gasteiger partial charge in [0.25, 0.3) is 5.91 Å². The van der Waals surface area contributed by atoms with Crippen LogP contribution in [0.4, 0.5) is 4.79 Å². The molecule has 2 heterocycles. The van der Waals surface area contributed by atoms with Gasteiger partial charge in [-0.2, -0.15) is 5.26 Å². The Morgan fingerprint density at radius 3 is 2.73 bits per heavy atom. The van der Waals surface area contributed by atoms with Gasteiger partial charge >= 0.3 is 6.03 Å². The minimum atomic E-state index is -0.461. The van der Waals surface area contributed by atoms with Crippen LogP contribution in [0.2, 0.25) is 0 Å². The third kappa shape index (κ3) is 2.05. The van der Waals surface area contributed by atoms with Crippen LogP contribution in [0.15, 0.2) is 12.1 Å². The molecule has 7 heteroatoms. The molecule has 1 N–H and O–H groups in total. The molecule has 5 rings (SSSR count). The Bertz CT molecular complexity index is 864. The summed E-state index contributed by atoms with van der Waals surface area (Å²) in [6.07, 6.45) is 3.19. The Balaban J connectivity index is 1.35. The minimum Gasteiger partial charge on any atom is -0.492 e. The van der Waals surface area contributed by atoms with Crippen molar-refractivity contribution >= 4 is 11.9 Å². The fourth-order valence-electron chi connectivity index (χ4n) is 4.21. The highest BCUT2D eigenvalue weighted by Crippen LogP contribution is 2.59. The Hall–Kier alpha value is -2.75. The molecule has 26 heavy (non-hydrogen) atoms. The van der Waals surface area contributed by atoms with Crippen molar-refractivity contribution in [3.8, 4) is 17.6 Å². The zero-order valence-corrected chi connectivity index (χ0v) is 14.4. The summed E-state index contributed by atoms with van der Waals surface area (Å²) in [5.41, 5.74) is 1.57. The average Bonchev–Trinajstić information content (AvgIpc) is 3.21. The molecule has 0 unspecified atom stereocenters. The molecule has 1 spiro atoms. The van der Waals surface area contributed by atoms with E-state index in [1.807, 2.05) is 6.07 Å². The first kappa shape index (κ1) is 15.5. The summed E-state index contributed by atoms with van der Waals surface area (Å²) in [5.74, 6) is 1.27. The number of amides is 3. The van der Waals surface area contributed by atoms with E-state index in [1.54, 1.807) is 13.0 Å². The number of hydrogen-bond acceptors (Lipinski definition) is 5. The zero-order valence-electron chi connectivity index (χ0n) is 14.4. The summed E-state index contributed by atoms with van der Waals surface area (Å²) in [7, 11) is 0. The van der Waals surface area contributed by atoms with Gasteiger partial charge in [0.2, 0.25) is 0 Å². The maximum absolute atomic E-state index is 12.1.